The molecule has 0 bridgehead atoms. The predicted octanol–water partition coefficient (Wildman–Crippen LogP) is 1.29. The van der Waals surface area contributed by atoms with E-state index < -0.39 is 0 Å². The van der Waals surface area contributed by atoms with Crippen LogP contribution in [0.4, 0.5) is 5.95 Å². The van der Waals surface area contributed by atoms with Gasteiger partial charge >= 0.3 is 0 Å². The first-order valence-electron chi connectivity index (χ1n) is 7.30. The van der Waals surface area contributed by atoms with Crippen LogP contribution in [0.3, 0.4) is 0 Å². The van der Waals surface area contributed by atoms with Crippen LogP contribution >= 0.6 is 0 Å². The van der Waals surface area contributed by atoms with Crippen LogP contribution in [0.1, 0.15) is 25.2 Å². The zero-order valence-electron chi connectivity index (χ0n) is 12.4. The number of hydrogen-bond donors (Lipinski definition) is 3. The van der Waals surface area contributed by atoms with Crippen molar-refractivity contribution in [3.05, 3.63) is 35.7 Å². The van der Waals surface area contributed by atoms with E-state index in [1.165, 1.54) is 0 Å². The highest BCUT2D eigenvalue weighted by Gasteiger charge is 2.23. The Morgan fingerprint density at radius 1 is 1.29 bits per heavy atom. The molecule has 6 nitrogen and oxygen atoms in total. The molecule has 2 unspecified atom stereocenters. The molecule has 1 aromatic heterocycles. The Kier molecular flexibility index (Phi) is 3.79. The summed E-state index contributed by atoms with van der Waals surface area (Å²) in [6, 6.07) is 8.08. The predicted molar refractivity (Wildman–Crippen MR) is 81.6 cm³/mol. The van der Waals surface area contributed by atoms with Crippen molar-refractivity contribution in [3.63, 3.8) is 0 Å². The van der Waals surface area contributed by atoms with Crippen molar-refractivity contribution in [3.8, 4) is 5.75 Å². The van der Waals surface area contributed by atoms with Crippen LogP contribution in [0.5, 0.6) is 5.75 Å². The number of benzene rings is 1. The number of piperazine rings is 1. The fraction of sp³-hybridized carbons (Fsp3) is 0.467. The van der Waals surface area contributed by atoms with Gasteiger partial charge in [0.1, 0.15) is 11.6 Å². The van der Waals surface area contributed by atoms with Gasteiger partial charge in [-0.3, -0.25) is 5.10 Å². The normalized spacial score (nSPS) is 22.5. The number of hydrogen-bond acceptors (Lipinski definition) is 5. The van der Waals surface area contributed by atoms with Gasteiger partial charge in [-0.15, -0.1) is 5.10 Å². The summed E-state index contributed by atoms with van der Waals surface area (Å²) in [5.41, 5.74) is 1.01. The third-order valence-electron chi connectivity index (χ3n) is 3.64. The Balaban J connectivity index is 1.71. The van der Waals surface area contributed by atoms with Crippen molar-refractivity contribution < 1.29 is 5.11 Å². The molecule has 1 saturated heterocycles. The van der Waals surface area contributed by atoms with Crippen LogP contribution in [0.15, 0.2) is 24.3 Å². The highest BCUT2D eigenvalue weighted by Crippen LogP contribution is 2.16. The highest BCUT2D eigenvalue weighted by molar-refractivity contribution is 5.33. The molecule has 1 aliphatic heterocycles. The van der Waals surface area contributed by atoms with E-state index in [4.69, 9.17) is 0 Å². The molecule has 0 spiro atoms. The molecule has 6 heteroatoms. The minimum atomic E-state index is 0.275. The maximum atomic E-state index is 9.50. The van der Waals surface area contributed by atoms with Crippen molar-refractivity contribution in [2.75, 3.05) is 18.0 Å². The van der Waals surface area contributed by atoms with Gasteiger partial charge in [-0.1, -0.05) is 12.1 Å². The molecule has 2 aromatic rings. The first-order valence-corrected chi connectivity index (χ1v) is 7.30. The number of aromatic hydroxyl groups is 1. The van der Waals surface area contributed by atoms with Gasteiger partial charge in [0.2, 0.25) is 5.95 Å². The molecule has 1 aromatic carbocycles. The van der Waals surface area contributed by atoms with Crippen molar-refractivity contribution in [1.29, 1.82) is 0 Å². The summed E-state index contributed by atoms with van der Waals surface area (Å²) < 4.78 is 0. The minimum absolute atomic E-state index is 0.275. The van der Waals surface area contributed by atoms with E-state index >= 15 is 0 Å². The van der Waals surface area contributed by atoms with Crippen LogP contribution in [-0.2, 0) is 6.42 Å². The number of H-pyrrole nitrogens is 1. The third-order valence-corrected chi connectivity index (χ3v) is 3.64. The van der Waals surface area contributed by atoms with Crippen LogP contribution in [0, 0.1) is 0 Å². The molecular formula is C15H21N5O. The van der Waals surface area contributed by atoms with E-state index in [0.29, 0.717) is 18.5 Å². The molecule has 3 N–H and O–H groups in total. The van der Waals surface area contributed by atoms with Gasteiger partial charge in [0, 0.05) is 31.6 Å². The van der Waals surface area contributed by atoms with Crippen molar-refractivity contribution >= 4 is 5.95 Å². The fourth-order valence-electron chi connectivity index (χ4n) is 2.86. The second kappa shape index (κ2) is 5.73. The summed E-state index contributed by atoms with van der Waals surface area (Å²) in [6.45, 7) is 6.16. The number of phenols is 1. The van der Waals surface area contributed by atoms with Crippen LogP contribution < -0.4 is 10.2 Å². The second-order valence-electron chi connectivity index (χ2n) is 5.80. The van der Waals surface area contributed by atoms with E-state index in [1.807, 2.05) is 12.1 Å². The zero-order valence-corrected chi connectivity index (χ0v) is 12.4. The number of anilines is 1. The molecule has 112 valence electrons. The average Bonchev–Trinajstić information content (AvgIpc) is 2.86. The standard InChI is InChI=1S/C15H21N5O/c1-10-8-20(9-11(2)16-10)15-17-14(18-19-15)7-12-4-3-5-13(21)6-12/h3-6,10-11,16,21H,7-9H2,1-2H3,(H,17,18,19). The van der Waals surface area contributed by atoms with Crippen molar-refractivity contribution in [2.45, 2.75) is 32.4 Å². The van der Waals surface area contributed by atoms with E-state index in [1.54, 1.807) is 12.1 Å². The fourth-order valence-corrected chi connectivity index (χ4v) is 2.86. The van der Waals surface area contributed by atoms with Gasteiger partial charge in [-0.2, -0.15) is 4.98 Å². The Hall–Kier alpha value is -2.08. The molecule has 2 heterocycles. The van der Waals surface area contributed by atoms with Gasteiger partial charge in [0.15, 0.2) is 0 Å². The van der Waals surface area contributed by atoms with E-state index in [2.05, 4.69) is 39.2 Å². The zero-order chi connectivity index (χ0) is 14.8. The van der Waals surface area contributed by atoms with Crippen LogP contribution in [0.2, 0.25) is 0 Å². The van der Waals surface area contributed by atoms with E-state index in [0.717, 1.165) is 30.4 Å². The summed E-state index contributed by atoms with van der Waals surface area (Å²) in [6.07, 6.45) is 0.637. The lowest BCUT2D eigenvalue weighted by molar-refractivity contribution is 0.403. The average molecular weight is 287 g/mol. The van der Waals surface area contributed by atoms with Gasteiger partial charge < -0.3 is 15.3 Å². The quantitative estimate of drug-likeness (QED) is 0.793. The highest BCUT2D eigenvalue weighted by atomic mass is 16.3. The smallest absolute Gasteiger partial charge is 0.244 e. The summed E-state index contributed by atoms with van der Waals surface area (Å²) in [7, 11) is 0. The number of phenolic OH excluding ortho intramolecular Hbond substituents is 1. The molecule has 3 rings (SSSR count). The maximum absolute atomic E-state index is 9.50. The number of aromatic nitrogens is 3. The molecule has 1 aliphatic rings. The molecule has 0 aliphatic carbocycles. The van der Waals surface area contributed by atoms with Crippen molar-refractivity contribution in [2.24, 2.45) is 0 Å². The first-order chi connectivity index (χ1) is 10.1. The second-order valence-corrected chi connectivity index (χ2v) is 5.80. The van der Waals surface area contributed by atoms with Gasteiger partial charge in [0.25, 0.3) is 0 Å². The molecule has 2 atom stereocenters. The molecular weight excluding hydrogens is 266 g/mol. The topological polar surface area (TPSA) is 77.1 Å². The van der Waals surface area contributed by atoms with E-state index in [-0.39, 0.29) is 5.75 Å². The molecule has 0 saturated carbocycles. The Morgan fingerprint density at radius 3 is 2.76 bits per heavy atom. The Bertz CT molecular complexity index is 602. The lowest BCUT2D eigenvalue weighted by atomic mass is 10.1. The van der Waals surface area contributed by atoms with Gasteiger partial charge in [0.05, 0.1) is 0 Å². The number of rotatable bonds is 3. The maximum Gasteiger partial charge on any atom is 0.244 e. The Labute approximate surface area is 124 Å². The summed E-state index contributed by atoms with van der Waals surface area (Å²) in [5.74, 6) is 1.84. The lowest BCUT2D eigenvalue weighted by Gasteiger charge is -2.35. The lowest BCUT2D eigenvalue weighted by Crippen LogP contribution is -2.54. The monoisotopic (exact) mass is 287 g/mol. The van der Waals surface area contributed by atoms with Crippen LogP contribution in [-0.4, -0.2) is 45.5 Å². The first kappa shape index (κ1) is 13.9. The molecule has 0 radical (unpaired) electrons. The van der Waals surface area contributed by atoms with Crippen LogP contribution in [0.25, 0.3) is 0 Å². The van der Waals surface area contributed by atoms with Gasteiger partial charge in [-0.05, 0) is 31.5 Å². The third kappa shape index (κ3) is 3.33. The van der Waals surface area contributed by atoms with E-state index in [9.17, 15) is 5.11 Å². The SMILES string of the molecule is CC1CN(c2n[nH]c(Cc3cccc(O)c3)n2)CC(C)N1. The summed E-state index contributed by atoms with van der Waals surface area (Å²) in [4.78, 5) is 6.78. The Morgan fingerprint density at radius 2 is 2.05 bits per heavy atom. The minimum Gasteiger partial charge on any atom is -0.508 e. The molecule has 21 heavy (non-hydrogen) atoms. The number of nitrogens with one attached hydrogen (secondary N) is 2. The van der Waals surface area contributed by atoms with Gasteiger partial charge in [-0.25, -0.2) is 0 Å². The van der Waals surface area contributed by atoms with Crippen molar-refractivity contribution in [1.82, 2.24) is 20.5 Å². The molecule has 1 fully saturated rings. The summed E-state index contributed by atoms with van der Waals surface area (Å²) >= 11 is 0. The summed E-state index contributed by atoms with van der Waals surface area (Å²) in [5, 5.41) is 20.3. The number of aromatic amines is 1. The molecule has 0 amide bonds. The largest absolute Gasteiger partial charge is 0.508 e. The number of nitrogens with zero attached hydrogens (tertiary/aromatic N) is 3.